The molecule has 1 N–H and O–H groups in total. The van der Waals surface area contributed by atoms with Crippen LogP contribution in [0.2, 0.25) is 0 Å². The summed E-state index contributed by atoms with van der Waals surface area (Å²) in [7, 11) is 5.61. The van der Waals surface area contributed by atoms with Crippen molar-refractivity contribution in [1.29, 1.82) is 0 Å². The van der Waals surface area contributed by atoms with Crippen LogP contribution in [-0.2, 0) is 4.79 Å². The second-order valence-electron chi connectivity index (χ2n) is 3.00. The van der Waals surface area contributed by atoms with Gasteiger partial charge < -0.3 is 9.59 Å². The van der Waals surface area contributed by atoms with Crippen LogP contribution in [0.25, 0.3) is 0 Å². The number of hydrogen-bond acceptors (Lipinski definition) is 2. The van der Waals surface area contributed by atoms with Crippen molar-refractivity contribution in [2.75, 3.05) is 27.7 Å². The molecule has 3 heteroatoms. The summed E-state index contributed by atoms with van der Waals surface area (Å²) in [6, 6.07) is -0.287. The predicted molar refractivity (Wildman–Crippen MR) is 35.0 cm³/mol. The Morgan fingerprint density at radius 3 is 2.00 bits per heavy atom. The largest absolute Gasteiger partial charge is 0.390 e. The molecule has 54 valence electrons. The van der Waals surface area contributed by atoms with Crippen molar-refractivity contribution in [3.63, 3.8) is 0 Å². The fourth-order valence-corrected chi connectivity index (χ4v) is 0.471. The molecule has 0 aromatic heterocycles. The first-order chi connectivity index (χ1) is 4.02. The summed E-state index contributed by atoms with van der Waals surface area (Å²) in [5.74, 6) is 0. The van der Waals surface area contributed by atoms with Crippen LogP contribution in [0, 0.1) is 0 Å². The lowest BCUT2D eigenvalue weighted by Crippen LogP contribution is -2.48. The number of hydrogen-bond donors (Lipinski definition) is 1. The average Bonchev–Trinajstić information content (AvgIpc) is 1.65. The number of aldehydes is 1. The summed E-state index contributed by atoms with van der Waals surface area (Å²) in [5, 5.41) is 8.61. The fraction of sp³-hybridized carbons (Fsp3) is 0.833. The third-order valence-corrected chi connectivity index (χ3v) is 1.34. The maximum Gasteiger partial charge on any atom is 0.179 e. The standard InChI is InChI=1S/C6H14NO2/c1-7(2,3)6(4-8)5-9/h4,6,9H,5H2,1-3H3/q+1. The zero-order valence-electron chi connectivity index (χ0n) is 6.16. The molecule has 0 saturated heterocycles. The SMILES string of the molecule is C[N+](C)(C)C(C=O)CO. The number of carbonyl (C=O) groups is 1. The molecule has 0 aliphatic carbocycles. The Hall–Kier alpha value is -0.410. The maximum atomic E-state index is 10.2. The van der Waals surface area contributed by atoms with Crippen LogP contribution in [0.1, 0.15) is 0 Å². The monoisotopic (exact) mass is 132 g/mol. The van der Waals surface area contributed by atoms with Crippen LogP contribution in [0.15, 0.2) is 0 Å². The van der Waals surface area contributed by atoms with Gasteiger partial charge in [0.1, 0.15) is 6.61 Å². The molecule has 9 heavy (non-hydrogen) atoms. The van der Waals surface area contributed by atoms with Gasteiger partial charge in [-0.25, -0.2) is 0 Å². The molecule has 0 heterocycles. The quantitative estimate of drug-likeness (QED) is 0.405. The first-order valence-corrected chi connectivity index (χ1v) is 2.89. The van der Waals surface area contributed by atoms with E-state index in [2.05, 4.69) is 0 Å². The lowest BCUT2D eigenvalue weighted by molar-refractivity contribution is -0.885. The van der Waals surface area contributed by atoms with Crippen molar-refractivity contribution >= 4 is 6.29 Å². The van der Waals surface area contributed by atoms with Gasteiger partial charge in [-0.1, -0.05) is 0 Å². The Balaban J connectivity index is 3.94. The van der Waals surface area contributed by atoms with Crippen molar-refractivity contribution in [1.82, 2.24) is 0 Å². The Labute approximate surface area is 55.5 Å². The van der Waals surface area contributed by atoms with Gasteiger partial charge in [-0.2, -0.15) is 0 Å². The second-order valence-corrected chi connectivity index (χ2v) is 3.00. The van der Waals surface area contributed by atoms with Gasteiger partial charge >= 0.3 is 0 Å². The van der Waals surface area contributed by atoms with Gasteiger partial charge in [-0.15, -0.1) is 0 Å². The number of carbonyl (C=O) groups excluding carboxylic acids is 1. The highest BCUT2D eigenvalue weighted by atomic mass is 16.3. The molecule has 0 rings (SSSR count). The van der Waals surface area contributed by atoms with E-state index in [0.717, 1.165) is 6.29 Å². The van der Waals surface area contributed by atoms with E-state index in [-0.39, 0.29) is 12.6 Å². The van der Waals surface area contributed by atoms with Crippen LogP contribution in [0.4, 0.5) is 0 Å². The van der Waals surface area contributed by atoms with Crippen molar-refractivity contribution < 1.29 is 14.4 Å². The Morgan fingerprint density at radius 1 is 1.56 bits per heavy atom. The van der Waals surface area contributed by atoms with E-state index in [9.17, 15) is 4.79 Å². The van der Waals surface area contributed by atoms with E-state index in [0.29, 0.717) is 4.48 Å². The Kier molecular flexibility index (Phi) is 2.81. The van der Waals surface area contributed by atoms with Gasteiger partial charge in [0.2, 0.25) is 0 Å². The van der Waals surface area contributed by atoms with Gasteiger partial charge in [-0.05, 0) is 0 Å². The molecule has 1 atom stereocenters. The van der Waals surface area contributed by atoms with Crippen LogP contribution in [0.5, 0.6) is 0 Å². The van der Waals surface area contributed by atoms with Crippen LogP contribution in [0.3, 0.4) is 0 Å². The molecule has 0 aromatic rings. The first kappa shape index (κ1) is 8.59. The number of likely N-dealkylation sites (N-methyl/N-ethyl adjacent to an activating group) is 1. The lowest BCUT2D eigenvalue weighted by Gasteiger charge is -2.28. The minimum absolute atomic E-state index is 0.0764. The summed E-state index contributed by atoms with van der Waals surface area (Å²) in [4.78, 5) is 10.2. The summed E-state index contributed by atoms with van der Waals surface area (Å²) in [6.45, 7) is -0.0764. The molecule has 0 aromatic carbocycles. The van der Waals surface area contributed by atoms with Gasteiger partial charge in [0.05, 0.1) is 21.1 Å². The topological polar surface area (TPSA) is 37.3 Å². The maximum absolute atomic E-state index is 10.2. The summed E-state index contributed by atoms with van der Waals surface area (Å²) >= 11 is 0. The molecular weight excluding hydrogens is 118 g/mol. The summed E-state index contributed by atoms with van der Waals surface area (Å²) < 4.78 is 0.486. The molecule has 0 fully saturated rings. The lowest BCUT2D eigenvalue weighted by atomic mass is 10.3. The normalized spacial score (nSPS) is 15.1. The minimum Gasteiger partial charge on any atom is -0.390 e. The third kappa shape index (κ3) is 2.58. The molecule has 0 aliphatic rings. The summed E-state index contributed by atoms with van der Waals surface area (Å²) in [5.41, 5.74) is 0. The van der Waals surface area contributed by atoms with E-state index in [4.69, 9.17) is 5.11 Å². The molecule has 0 amide bonds. The molecule has 3 nitrogen and oxygen atoms in total. The number of quaternary nitrogens is 1. The highest BCUT2D eigenvalue weighted by molar-refractivity contribution is 5.55. The fourth-order valence-electron chi connectivity index (χ4n) is 0.471. The highest BCUT2D eigenvalue weighted by Gasteiger charge is 2.20. The number of aliphatic hydroxyl groups is 1. The number of aliphatic hydroxyl groups excluding tert-OH is 1. The zero-order valence-corrected chi connectivity index (χ0v) is 6.16. The number of nitrogens with zero attached hydrogens (tertiary/aromatic N) is 1. The molecule has 0 radical (unpaired) electrons. The third-order valence-electron chi connectivity index (χ3n) is 1.34. The van der Waals surface area contributed by atoms with Crippen molar-refractivity contribution in [2.24, 2.45) is 0 Å². The van der Waals surface area contributed by atoms with E-state index in [1.54, 1.807) is 0 Å². The highest BCUT2D eigenvalue weighted by Crippen LogP contribution is 1.97. The average molecular weight is 132 g/mol. The molecule has 0 aliphatic heterocycles. The van der Waals surface area contributed by atoms with E-state index in [1.165, 1.54) is 0 Å². The minimum atomic E-state index is -0.287. The predicted octanol–water partition coefficient (Wildman–Crippen LogP) is -0.748. The van der Waals surface area contributed by atoms with Crippen LogP contribution >= 0.6 is 0 Å². The van der Waals surface area contributed by atoms with E-state index in [1.807, 2.05) is 21.1 Å². The molecule has 0 saturated carbocycles. The molecular formula is C6H14NO2+. The van der Waals surface area contributed by atoms with Crippen LogP contribution in [-0.4, -0.2) is 49.7 Å². The van der Waals surface area contributed by atoms with Crippen molar-refractivity contribution in [3.05, 3.63) is 0 Å². The Morgan fingerprint density at radius 2 is 2.00 bits per heavy atom. The second kappa shape index (κ2) is 2.94. The van der Waals surface area contributed by atoms with Gasteiger partial charge in [0.15, 0.2) is 12.3 Å². The zero-order chi connectivity index (χ0) is 7.49. The first-order valence-electron chi connectivity index (χ1n) is 2.89. The smallest absolute Gasteiger partial charge is 0.179 e. The van der Waals surface area contributed by atoms with Gasteiger partial charge in [0.25, 0.3) is 0 Å². The van der Waals surface area contributed by atoms with E-state index >= 15 is 0 Å². The molecule has 0 spiro atoms. The number of rotatable bonds is 3. The summed E-state index contributed by atoms with van der Waals surface area (Å²) in [6.07, 6.45) is 0.778. The van der Waals surface area contributed by atoms with E-state index < -0.39 is 0 Å². The van der Waals surface area contributed by atoms with Crippen molar-refractivity contribution in [2.45, 2.75) is 6.04 Å². The van der Waals surface area contributed by atoms with Gasteiger partial charge in [0, 0.05) is 0 Å². The van der Waals surface area contributed by atoms with Crippen LogP contribution < -0.4 is 0 Å². The molecule has 1 unspecified atom stereocenters. The van der Waals surface area contributed by atoms with Gasteiger partial charge in [-0.3, -0.25) is 4.79 Å². The van der Waals surface area contributed by atoms with Crippen molar-refractivity contribution in [3.8, 4) is 0 Å². The molecule has 0 bridgehead atoms. The Bertz CT molecular complexity index is 95.7.